The molecule has 2 aliphatic rings. The van der Waals surface area contributed by atoms with Crippen LogP contribution >= 0.6 is 24.0 Å². The molecule has 3 N–H and O–H groups in total. The Morgan fingerprint density at radius 3 is 2.35 bits per heavy atom. The summed E-state index contributed by atoms with van der Waals surface area (Å²) in [5, 5.41) is 3.13. The van der Waals surface area contributed by atoms with Crippen molar-refractivity contribution in [1.29, 1.82) is 0 Å². The maximum absolute atomic E-state index is 11.3. The predicted molar refractivity (Wildman–Crippen MR) is 93.2 cm³/mol. The highest BCUT2D eigenvalue weighted by Gasteiger charge is 2.23. The third-order valence-corrected chi connectivity index (χ3v) is 5.99. The van der Waals surface area contributed by atoms with Crippen molar-refractivity contribution in [2.24, 2.45) is 22.6 Å². The standard InChI is InChI=1S/C13H25N3O2S.HI/c14-13(16-10-12-2-1-3-12)15-7-4-11-5-8-19(17,18)9-6-11;/h11-12H,1-10H2,(H3,14,15,16);1H. The van der Waals surface area contributed by atoms with Gasteiger partial charge in [-0.1, -0.05) is 6.42 Å². The first-order chi connectivity index (χ1) is 9.05. The third kappa shape index (κ3) is 6.15. The minimum Gasteiger partial charge on any atom is -0.370 e. The molecule has 1 aliphatic heterocycles. The van der Waals surface area contributed by atoms with Crippen molar-refractivity contribution in [3.05, 3.63) is 0 Å². The number of aliphatic imine (C=N–C) groups is 1. The second-order valence-electron chi connectivity index (χ2n) is 5.83. The van der Waals surface area contributed by atoms with Crippen molar-refractivity contribution < 1.29 is 8.42 Å². The van der Waals surface area contributed by atoms with Crippen molar-refractivity contribution in [1.82, 2.24) is 5.32 Å². The zero-order chi connectivity index (χ0) is 13.7. The molecule has 0 bridgehead atoms. The molecule has 0 aromatic rings. The number of nitrogens with one attached hydrogen (secondary N) is 1. The molecule has 7 heteroatoms. The van der Waals surface area contributed by atoms with Gasteiger partial charge < -0.3 is 11.1 Å². The number of guanidine groups is 1. The van der Waals surface area contributed by atoms with Crippen LogP contribution in [0.15, 0.2) is 4.99 Å². The second kappa shape index (κ2) is 8.41. The van der Waals surface area contributed by atoms with E-state index in [4.69, 9.17) is 5.73 Å². The first-order valence-corrected chi connectivity index (χ1v) is 9.11. The van der Waals surface area contributed by atoms with Crippen LogP contribution in [0.25, 0.3) is 0 Å². The lowest BCUT2D eigenvalue weighted by atomic mass is 9.86. The highest BCUT2D eigenvalue weighted by atomic mass is 127. The van der Waals surface area contributed by atoms with Crippen LogP contribution < -0.4 is 11.1 Å². The molecule has 0 radical (unpaired) electrons. The molecule has 0 amide bonds. The molecule has 0 aromatic carbocycles. The first-order valence-electron chi connectivity index (χ1n) is 7.29. The number of hydrogen-bond donors (Lipinski definition) is 2. The van der Waals surface area contributed by atoms with Crippen LogP contribution in [0.2, 0.25) is 0 Å². The van der Waals surface area contributed by atoms with Crippen molar-refractivity contribution >= 4 is 39.8 Å². The van der Waals surface area contributed by atoms with E-state index in [1.807, 2.05) is 0 Å². The Morgan fingerprint density at radius 2 is 1.80 bits per heavy atom. The van der Waals surface area contributed by atoms with Crippen LogP contribution in [0.3, 0.4) is 0 Å². The van der Waals surface area contributed by atoms with Gasteiger partial charge in [-0.15, -0.1) is 24.0 Å². The molecule has 1 saturated heterocycles. The van der Waals surface area contributed by atoms with Gasteiger partial charge in [0.25, 0.3) is 0 Å². The molecule has 0 unspecified atom stereocenters. The lowest BCUT2D eigenvalue weighted by Crippen LogP contribution is -2.35. The highest BCUT2D eigenvalue weighted by Crippen LogP contribution is 2.26. The summed E-state index contributed by atoms with van der Waals surface area (Å²) in [4.78, 5) is 4.34. The average molecular weight is 415 g/mol. The summed E-state index contributed by atoms with van der Waals surface area (Å²) in [6.07, 6.45) is 6.47. The number of hydrogen-bond acceptors (Lipinski definition) is 3. The van der Waals surface area contributed by atoms with Crippen molar-refractivity contribution in [2.75, 3.05) is 24.6 Å². The van der Waals surface area contributed by atoms with Gasteiger partial charge in [0, 0.05) is 13.1 Å². The van der Waals surface area contributed by atoms with Crippen molar-refractivity contribution in [2.45, 2.75) is 38.5 Å². The summed E-state index contributed by atoms with van der Waals surface area (Å²) in [5.41, 5.74) is 5.80. The summed E-state index contributed by atoms with van der Waals surface area (Å²) in [6.45, 7) is 1.64. The third-order valence-electron chi connectivity index (χ3n) is 4.28. The fraction of sp³-hybridized carbons (Fsp3) is 0.923. The monoisotopic (exact) mass is 415 g/mol. The van der Waals surface area contributed by atoms with Gasteiger partial charge >= 0.3 is 0 Å². The SMILES string of the molecule is I.NC(=NCC1CCC1)NCCC1CCS(=O)(=O)CC1. The minimum absolute atomic E-state index is 0. The van der Waals surface area contributed by atoms with E-state index in [-0.39, 0.29) is 24.0 Å². The van der Waals surface area contributed by atoms with E-state index in [1.165, 1.54) is 19.3 Å². The molecular formula is C13H26IN3O2S. The number of halogens is 1. The van der Waals surface area contributed by atoms with E-state index in [2.05, 4.69) is 10.3 Å². The summed E-state index contributed by atoms with van der Waals surface area (Å²) < 4.78 is 22.6. The minimum atomic E-state index is -2.74. The summed E-state index contributed by atoms with van der Waals surface area (Å²) in [6, 6.07) is 0. The molecule has 5 nitrogen and oxygen atoms in total. The zero-order valence-corrected chi connectivity index (χ0v) is 15.0. The molecule has 118 valence electrons. The van der Waals surface area contributed by atoms with Crippen LogP contribution in [0, 0.1) is 11.8 Å². The van der Waals surface area contributed by atoms with E-state index in [1.54, 1.807) is 0 Å². The number of nitrogens with zero attached hydrogens (tertiary/aromatic N) is 1. The first kappa shape index (κ1) is 18.0. The Labute approximate surface area is 139 Å². The molecule has 2 rings (SSSR count). The van der Waals surface area contributed by atoms with E-state index in [0.29, 0.717) is 23.4 Å². The van der Waals surface area contributed by atoms with Crippen LogP contribution in [-0.2, 0) is 9.84 Å². The second-order valence-corrected chi connectivity index (χ2v) is 8.14. The number of rotatable bonds is 5. The maximum Gasteiger partial charge on any atom is 0.188 e. The summed E-state index contributed by atoms with van der Waals surface area (Å²) >= 11 is 0. The largest absolute Gasteiger partial charge is 0.370 e. The van der Waals surface area contributed by atoms with Crippen LogP contribution in [0.5, 0.6) is 0 Å². The topological polar surface area (TPSA) is 84.5 Å². The molecular weight excluding hydrogens is 389 g/mol. The lowest BCUT2D eigenvalue weighted by Gasteiger charge is -2.23. The molecule has 20 heavy (non-hydrogen) atoms. The van der Waals surface area contributed by atoms with E-state index < -0.39 is 9.84 Å². The normalized spacial score (nSPS) is 23.7. The van der Waals surface area contributed by atoms with Crippen molar-refractivity contribution in [3.63, 3.8) is 0 Å². The number of nitrogens with two attached hydrogens (primary N) is 1. The van der Waals surface area contributed by atoms with Gasteiger partial charge in [-0.3, -0.25) is 4.99 Å². The van der Waals surface area contributed by atoms with Gasteiger partial charge in [0.15, 0.2) is 5.96 Å². The summed E-state index contributed by atoms with van der Waals surface area (Å²) in [5.74, 6) is 2.49. The fourth-order valence-corrected chi connectivity index (χ4v) is 4.18. The highest BCUT2D eigenvalue weighted by molar-refractivity contribution is 14.0. The summed E-state index contributed by atoms with van der Waals surface area (Å²) in [7, 11) is -2.74. The Hall–Kier alpha value is -0.0500. The van der Waals surface area contributed by atoms with Gasteiger partial charge in [0.2, 0.25) is 0 Å². The quantitative estimate of drug-likeness (QED) is 0.405. The Kier molecular flexibility index (Phi) is 7.57. The van der Waals surface area contributed by atoms with Gasteiger partial charge in [-0.05, 0) is 43.9 Å². The zero-order valence-electron chi connectivity index (χ0n) is 11.9. The van der Waals surface area contributed by atoms with Gasteiger partial charge in [0.05, 0.1) is 11.5 Å². The smallest absolute Gasteiger partial charge is 0.188 e. The van der Waals surface area contributed by atoms with Crippen LogP contribution in [0.1, 0.15) is 38.5 Å². The average Bonchev–Trinajstić information content (AvgIpc) is 2.29. The molecule has 2 fully saturated rings. The van der Waals surface area contributed by atoms with E-state index >= 15 is 0 Å². The molecule has 0 atom stereocenters. The van der Waals surface area contributed by atoms with Crippen LogP contribution in [-0.4, -0.2) is 39.0 Å². The van der Waals surface area contributed by atoms with Gasteiger partial charge in [-0.25, -0.2) is 8.42 Å². The fourth-order valence-electron chi connectivity index (χ4n) is 2.59. The molecule has 1 heterocycles. The maximum atomic E-state index is 11.3. The Morgan fingerprint density at radius 1 is 1.15 bits per heavy atom. The molecule has 0 spiro atoms. The molecule has 1 aliphatic carbocycles. The Bertz CT molecular complexity index is 407. The molecule has 0 aromatic heterocycles. The van der Waals surface area contributed by atoms with Crippen molar-refractivity contribution in [3.8, 4) is 0 Å². The van der Waals surface area contributed by atoms with Crippen LogP contribution in [0.4, 0.5) is 0 Å². The van der Waals surface area contributed by atoms with E-state index in [0.717, 1.165) is 38.3 Å². The Balaban J connectivity index is 0.00000200. The number of sulfone groups is 1. The van der Waals surface area contributed by atoms with E-state index in [9.17, 15) is 8.42 Å². The van der Waals surface area contributed by atoms with Gasteiger partial charge in [0.1, 0.15) is 9.84 Å². The predicted octanol–water partition coefficient (Wildman–Crippen LogP) is 1.52. The lowest BCUT2D eigenvalue weighted by molar-refractivity contribution is 0.326. The van der Waals surface area contributed by atoms with Gasteiger partial charge in [-0.2, -0.15) is 0 Å². The molecule has 1 saturated carbocycles.